The van der Waals surface area contributed by atoms with Gasteiger partial charge >= 0.3 is 7.12 Å². The van der Waals surface area contributed by atoms with Crippen molar-refractivity contribution in [3.05, 3.63) is 324 Å². The van der Waals surface area contributed by atoms with E-state index in [4.69, 9.17) is 18.5 Å². The van der Waals surface area contributed by atoms with Gasteiger partial charge in [-0.15, -0.1) is 0 Å². The lowest BCUT2D eigenvalue weighted by Gasteiger charge is -2.32. The molecule has 5 aliphatic rings. The number of rotatable bonds is 6. The lowest BCUT2D eigenvalue weighted by atomic mass is 9.79. The lowest BCUT2D eigenvalue weighted by molar-refractivity contribution is 0.00578. The number of benzene rings is 13. The monoisotopic (exact) mass is 1500 g/mol. The summed E-state index contributed by atoms with van der Waals surface area (Å²) in [4.78, 5) is 3.94. The van der Waals surface area contributed by atoms with Crippen molar-refractivity contribution < 1.29 is 18.5 Å². The smallest absolute Gasteiger partial charge is 0.457 e. The van der Waals surface area contributed by atoms with Gasteiger partial charge in [-0.05, 0) is 228 Å². The number of fused-ring (bicyclic) bond motifs is 17. The zero-order valence-corrected chi connectivity index (χ0v) is 59.1. The molecule has 2 atom stereocenters. The molecule has 20 rings (SSSR count). The topological polar surface area (TPSA) is 45.8 Å². The molecule has 98 heavy (non-hydrogen) atoms. The van der Waals surface area contributed by atoms with Crippen molar-refractivity contribution in [3.63, 3.8) is 0 Å². The molecular formula is C90H72BI2NO4. The Kier molecular flexibility index (Phi) is 16.3. The Morgan fingerprint density at radius 3 is 1.64 bits per heavy atom. The zero-order valence-electron chi connectivity index (χ0n) is 54.8. The van der Waals surface area contributed by atoms with Crippen LogP contribution in [0.5, 0.6) is 11.5 Å². The minimum atomic E-state index is -0.376. The fraction of sp³-hybridized carbons (Fsp3) is 0.133. The first-order valence-corrected chi connectivity index (χ1v) is 37.6. The highest BCUT2D eigenvalue weighted by Crippen LogP contribution is 2.58. The van der Waals surface area contributed by atoms with E-state index < -0.39 is 0 Å². The van der Waals surface area contributed by atoms with Crippen molar-refractivity contribution in [2.75, 3.05) is 9.86 Å². The van der Waals surface area contributed by atoms with Gasteiger partial charge in [0.15, 0.2) is 0 Å². The Morgan fingerprint density at radius 1 is 0.367 bits per heavy atom. The number of aromatic nitrogens is 1. The van der Waals surface area contributed by atoms with E-state index in [1.807, 2.05) is 22.0 Å². The van der Waals surface area contributed by atoms with E-state index in [0.29, 0.717) is 0 Å². The van der Waals surface area contributed by atoms with E-state index in [-0.39, 0.29) is 37.6 Å². The number of hydrogen-bond donors (Lipinski definition) is 0. The van der Waals surface area contributed by atoms with Gasteiger partial charge in [-0.2, -0.15) is 0 Å². The number of para-hydroxylation sites is 3. The molecule has 0 saturated carbocycles. The van der Waals surface area contributed by atoms with Crippen LogP contribution in [0, 0.1) is 0 Å². The minimum absolute atomic E-state index is 0. The zero-order chi connectivity index (χ0) is 65.8. The maximum absolute atomic E-state index is 6.38. The Morgan fingerprint density at radius 2 is 0.878 bits per heavy atom. The highest BCUT2D eigenvalue weighted by atomic mass is 127. The van der Waals surface area contributed by atoms with Gasteiger partial charge in [0.2, 0.25) is 0 Å². The Labute approximate surface area is 601 Å². The standard InChI is InChI=1S/C51H32O.C36H30BNO3.2CH3I.CH4/c1-2-9-37-35(8-1)26-36-21-20-33(27-44(36)37)34-23-24-41-45(29-34)38-10-3-4-11-39(38)49(41)31-18-16-30(17-19-31)32-22-25-42-46(28-32)40-13-7-15-48-51(40)50(42)43-12-5-6-14-47(43)52-48;1-35(2)36(3,4)41-37(40-35)25-15-17-26(18-16-25)38-31-11-7-5-9-27(31)29-21-23(13-19-32(29)38)24-14-20-34-30(22-24)28-10-6-8-12-33(28)39-34;2*1-2;/h1-25,27-29,49-50H,26H2;5-22H,1-4H3;2*1H3;1H4. The molecule has 0 spiro atoms. The fourth-order valence-corrected chi connectivity index (χ4v) is 15.8. The van der Waals surface area contributed by atoms with Gasteiger partial charge in [0, 0.05) is 50.2 Å². The molecule has 0 N–H and O–H groups in total. The van der Waals surface area contributed by atoms with Crippen LogP contribution in [-0.4, -0.2) is 32.7 Å². The van der Waals surface area contributed by atoms with E-state index in [1.54, 1.807) is 0 Å². The van der Waals surface area contributed by atoms with Gasteiger partial charge in [-0.25, -0.2) is 0 Å². The van der Waals surface area contributed by atoms with Crippen LogP contribution in [0.4, 0.5) is 0 Å². The van der Waals surface area contributed by atoms with Crippen LogP contribution in [0.1, 0.15) is 91.5 Å². The molecule has 0 bridgehead atoms. The molecule has 1 saturated heterocycles. The summed E-state index contributed by atoms with van der Waals surface area (Å²) in [5.41, 5.74) is 31.9. The van der Waals surface area contributed by atoms with Crippen LogP contribution in [0.15, 0.2) is 283 Å². The number of hydrogen-bond acceptors (Lipinski definition) is 4. The summed E-state index contributed by atoms with van der Waals surface area (Å²) in [7, 11) is -0.376. The number of ether oxygens (including phenoxy) is 1. The van der Waals surface area contributed by atoms with E-state index in [0.717, 1.165) is 51.0 Å². The third-order valence-electron chi connectivity index (χ3n) is 21.2. The lowest BCUT2D eigenvalue weighted by Crippen LogP contribution is -2.41. The van der Waals surface area contributed by atoms with Crippen LogP contribution >= 0.6 is 45.2 Å². The summed E-state index contributed by atoms with van der Waals surface area (Å²) in [6, 6.07) is 102. The SMILES string of the molecule is C.CC1(C)OB(c2ccc(-n3c4ccccc4c4cc(-c5ccc6oc7ccccc7c6c5)ccc43)cc2)OC1(C)C.CI.CI.c1ccc2c(c1)Cc1ccc(-c3ccc4c(c3)-c3ccccc3C4c3ccc(-c4ccc5c(c4)-c4cccc6c4C5c4ccccc4O6)cc3)cc1-2. The van der Waals surface area contributed by atoms with Crippen molar-refractivity contribution >= 4 is 102 Å². The highest BCUT2D eigenvalue weighted by molar-refractivity contribution is 14.1. The van der Waals surface area contributed by atoms with E-state index >= 15 is 0 Å². The van der Waals surface area contributed by atoms with Gasteiger partial charge in [-0.3, -0.25) is 0 Å². The molecule has 0 amide bonds. The molecule has 3 aliphatic carbocycles. The van der Waals surface area contributed by atoms with E-state index in [9.17, 15) is 0 Å². The summed E-state index contributed by atoms with van der Waals surface area (Å²) < 4.78 is 27.4. The maximum atomic E-state index is 6.38. The summed E-state index contributed by atoms with van der Waals surface area (Å²) in [5.74, 6) is 2.36. The van der Waals surface area contributed by atoms with E-state index in [2.05, 4.69) is 344 Å². The quantitative estimate of drug-likeness (QED) is 0.0946. The first kappa shape index (κ1) is 63.4. The fourth-order valence-electron chi connectivity index (χ4n) is 15.8. The number of alkyl halides is 2. The molecule has 5 nitrogen and oxygen atoms in total. The number of furan rings is 1. The van der Waals surface area contributed by atoms with Crippen LogP contribution < -0.4 is 10.2 Å². The van der Waals surface area contributed by atoms with Crippen LogP contribution in [0.2, 0.25) is 0 Å². The van der Waals surface area contributed by atoms with Crippen molar-refractivity contribution in [1.29, 1.82) is 0 Å². The van der Waals surface area contributed by atoms with Gasteiger partial charge in [0.25, 0.3) is 0 Å². The molecule has 0 radical (unpaired) electrons. The van der Waals surface area contributed by atoms with Crippen LogP contribution in [0.3, 0.4) is 0 Å². The van der Waals surface area contributed by atoms with Crippen molar-refractivity contribution in [3.8, 4) is 83.9 Å². The maximum Gasteiger partial charge on any atom is 0.494 e. The van der Waals surface area contributed by atoms with Gasteiger partial charge in [0.05, 0.1) is 22.2 Å². The van der Waals surface area contributed by atoms with Crippen LogP contribution in [0.25, 0.3) is 116 Å². The molecule has 2 aliphatic heterocycles. The second kappa shape index (κ2) is 25.2. The third-order valence-corrected chi connectivity index (χ3v) is 21.2. The van der Waals surface area contributed by atoms with Crippen LogP contribution in [-0.2, 0) is 15.7 Å². The molecule has 478 valence electrons. The Hall–Kier alpha value is -9.30. The van der Waals surface area contributed by atoms with Gasteiger partial charge < -0.3 is 23.0 Å². The third kappa shape index (κ3) is 10.4. The molecule has 2 unspecified atom stereocenters. The van der Waals surface area contributed by atoms with Gasteiger partial charge in [0.1, 0.15) is 22.7 Å². The molecule has 1 fully saturated rings. The predicted molar refractivity (Wildman–Crippen MR) is 427 cm³/mol. The number of halogens is 2. The molecular weight excluding hydrogens is 1420 g/mol. The first-order valence-electron chi connectivity index (χ1n) is 33.3. The minimum Gasteiger partial charge on any atom is -0.457 e. The van der Waals surface area contributed by atoms with Gasteiger partial charge in [-0.1, -0.05) is 253 Å². The molecule has 13 aromatic carbocycles. The molecule has 2 aromatic heterocycles. The normalized spacial score (nSPS) is 15.6. The largest absolute Gasteiger partial charge is 0.494 e. The molecule has 4 heterocycles. The summed E-state index contributed by atoms with van der Waals surface area (Å²) >= 11 is 4.30. The van der Waals surface area contributed by atoms with Crippen molar-refractivity contribution in [1.82, 2.24) is 4.57 Å². The number of nitrogens with zero attached hydrogens (tertiary/aromatic N) is 1. The van der Waals surface area contributed by atoms with Crippen molar-refractivity contribution in [2.45, 2.75) is 64.6 Å². The summed E-state index contributed by atoms with van der Waals surface area (Å²) in [6.45, 7) is 8.35. The second-order valence-corrected chi connectivity index (χ2v) is 26.8. The second-order valence-electron chi connectivity index (χ2n) is 26.8. The Bertz CT molecular complexity index is 5610. The highest BCUT2D eigenvalue weighted by Gasteiger charge is 2.52. The summed E-state index contributed by atoms with van der Waals surface area (Å²) in [6.07, 6.45) is 1.02. The predicted octanol–water partition coefficient (Wildman–Crippen LogP) is 24.4. The molecule has 8 heteroatoms. The average molecular weight is 1500 g/mol. The average Bonchev–Trinajstić information content (AvgIpc) is 1.57. The molecule has 15 aromatic rings. The Balaban J connectivity index is 0.000000148. The van der Waals surface area contributed by atoms with E-state index in [1.165, 1.54) is 133 Å². The first-order chi connectivity index (χ1) is 47.6. The van der Waals surface area contributed by atoms with Crippen molar-refractivity contribution in [2.24, 2.45) is 0 Å². The summed E-state index contributed by atoms with van der Waals surface area (Å²) in [5, 5.41) is 4.74.